The molecule has 0 spiro atoms. The summed E-state index contributed by atoms with van der Waals surface area (Å²) >= 11 is 0. The summed E-state index contributed by atoms with van der Waals surface area (Å²) in [5.74, 6) is 1.06. The molecule has 92 valence electrons. The highest BCUT2D eigenvalue weighted by molar-refractivity contribution is 5.38. The highest BCUT2D eigenvalue weighted by Crippen LogP contribution is 2.40. The first-order valence-electron chi connectivity index (χ1n) is 6.68. The Morgan fingerprint density at radius 3 is 2.71 bits per heavy atom. The average Bonchev–Trinajstić information content (AvgIpc) is 2.21. The van der Waals surface area contributed by atoms with Gasteiger partial charge in [0.2, 0.25) is 0 Å². The summed E-state index contributed by atoms with van der Waals surface area (Å²) < 4.78 is 6.04. The van der Waals surface area contributed by atoms with Crippen LogP contribution in [0.4, 0.5) is 0 Å². The van der Waals surface area contributed by atoms with Crippen LogP contribution in [0.15, 0.2) is 24.3 Å². The van der Waals surface area contributed by atoms with Gasteiger partial charge in [0.05, 0.1) is 0 Å². The van der Waals surface area contributed by atoms with Crippen LogP contribution in [0, 0.1) is 0 Å². The Balaban J connectivity index is 1.86. The van der Waals surface area contributed by atoms with Crippen LogP contribution in [0.25, 0.3) is 0 Å². The van der Waals surface area contributed by atoms with Gasteiger partial charge in [-0.2, -0.15) is 0 Å². The largest absolute Gasteiger partial charge is 0.487 e. The molecule has 0 saturated heterocycles. The van der Waals surface area contributed by atoms with Gasteiger partial charge in [-0.1, -0.05) is 24.6 Å². The quantitative estimate of drug-likeness (QED) is 0.842. The van der Waals surface area contributed by atoms with Crippen LogP contribution in [0.3, 0.4) is 0 Å². The van der Waals surface area contributed by atoms with Crippen molar-refractivity contribution in [2.24, 2.45) is 0 Å². The molecule has 1 aromatic rings. The molecule has 1 unspecified atom stereocenters. The fourth-order valence-corrected chi connectivity index (χ4v) is 2.81. The number of hydrogen-bond donors (Lipinski definition) is 1. The van der Waals surface area contributed by atoms with Gasteiger partial charge in [-0.3, -0.25) is 0 Å². The summed E-state index contributed by atoms with van der Waals surface area (Å²) in [4.78, 5) is 0. The third kappa shape index (κ3) is 2.19. The summed E-state index contributed by atoms with van der Waals surface area (Å²) in [5, 5.41) is 3.79. The van der Waals surface area contributed by atoms with Crippen molar-refractivity contribution in [3.8, 4) is 5.75 Å². The molecule has 0 bridgehead atoms. The number of fused-ring (bicyclic) bond motifs is 1. The lowest BCUT2D eigenvalue weighted by Gasteiger charge is -2.41. The van der Waals surface area contributed by atoms with Gasteiger partial charge in [0.15, 0.2) is 0 Å². The van der Waals surface area contributed by atoms with E-state index in [1.807, 2.05) is 0 Å². The lowest BCUT2D eigenvalue weighted by molar-refractivity contribution is 0.0608. The Morgan fingerprint density at radius 2 is 2.00 bits per heavy atom. The van der Waals surface area contributed by atoms with E-state index in [0.29, 0.717) is 6.04 Å². The van der Waals surface area contributed by atoms with Gasteiger partial charge >= 0.3 is 0 Å². The average molecular weight is 231 g/mol. The van der Waals surface area contributed by atoms with E-state index in [-0.39, 0.29) is 5.60 Å². The van der Waals surface area contributed by atoms with Crippen LogP contribution in [0.2, 0.25) is 0 Å². The predicted octanol–water partition coefficient (Wildman–Crippen LogP) is 3.43. The van der Waals surface area contributed by atoms with E-state index >= 15 is 0 Å². The van der Waals surface area contributed by atoms with Gasteiger partial charge in [-0.25, -0.2) is 0 Å². The molecule has 2 aliphatic rings. The Kier molecular flexibility index (Phi) is 2.62. The van der Waals surface area contributed by atoms with Crippen LogP contribution >= 0.6 is 0 Å². The van der Waals surface area contributed by atoms with E-state index in [2.05, 4.69) is 43.4 Å². The fourth-order valence-electron chi connectivity index (χ4n) is 2.81. The molecule has 1 heterocycles. The summed E-state index contributed by atoms with van der Waals surface area (Å²) in [5.41, 5.74) is 1.27. The van der Waals surface area contributed by atoms with Crippen LogP contribution in [0.5, 0.6) is 5.75 Å². The molecule has 1 fully saturated rings. The summed E-state index contributed by atoms with van der Waals surface area (Å²) in [6.07, 6.45) is 5.10. The summed E-state index contributed by atoms with van der Waals surface area (Å²) in [6.45, 7) is 4.36. The highest BCUT2D eigenvalue weighted by atomic mass is 16.5. The van der Waals surface area contributed by atoms with Crippen LogP contribution < -0.4 is 10.1 Å². The van der Waals surface area contributed by atoms with Crippen molar-refractivity contribution >= 4 is 0 Å². The molecular formula is C15H21NO. The van der Waals surface area contributed by atoms with E-state index in [4.69, 9.17) is 4.74 Å². The summed E-state index contributed by atoms with van der Waals surface area (Å²) in [7, 11) is 0. The molecule has 1 atom stereocenters. The maximum Gasteiger partial charge on any atom is 0.124 e. The third-order valence-corrected chi connectivity index (χ3v) is 3.92. The van der Waals surface area contributed by atoms with Gasteiger partial charge in [0.25, 0.3) is 0 Å². The third-order valence-electron chi connectivity index (χ3n) is 3.92. The topological polar surface area (TPSA) is 21.3 Å². The first-order chi connectivity index (χ1) is 8.14. The first-order valence-corrected chi connectivity index (χ1v) is 6.68. The highest BCUT2D eigenvalue weighted by Gasteiger charge is 2.35. The molecule has 1 N–H and O–H groups in total. The van der Waals surface area contributed by atoms with Crippen LogP contribution in [0.1, 0.15) is 51.1 Å². The van der Waals surface area contributed by atoms with E-state index in [9.17, 15) is 0 Å². The molecule has 17 heavy (non-hydrogen) atoms. The van der Waals surface area contributed by atoms with Crippen molar-refractivity contribution in [1.82, 2.24) is 5.32 Å². The Hall–Kier alpha value is -1.02. The number of hydrogen-bond acceptors (Lipinski definition) is 2. The van der Waals surface area contributed by atoms with Gasteiger partial charge in [0, 0.05) is 24.1 Å². The number of para-hydroxylation sites is 1. The SMILES string of the molecule is CC1(C)CC(NC2CCC2)c2ccccc2O1. The van der Waals surface area contributed by atoms with Crippen molar-refractivity contribution in [2.45, 2.75) is 57.2 Å². The molecule has 0 amide bonds. The predicted molar refractivity (Wildman–Crippen MR) is 69.3 cm³/mol. The lowest BCUT2D eigenvalue weighted by atomic mass is 9.86. The molecule has 2 nitrogen and oxygen atoms in total. The summed E-state index contributed by atoms with van der Waals surface area (Å²) in [6, 6.07) is 9.63. The van der Waals surface area contributed by atoms with Crippen molar-refractivity contribution in [2.75, 3.05) is 0 Å². The zero-order valence-corrected chi connectivity index (χ0v) is 10.7. The molecule has 0 aromatic heterocycles. The van der Waals surface area contributed by atoms with Crippen molar-refractivity contribution in [3.05, 3.63) is 29.8 Å². The van der Waals surface area contributed by atoms with Crippen LogP contribution in [-0.2, 0) is 0 Å². The number of benzene rings is 1. The van der Waals surface area contributed by atoms with Gasteiger partial charge in [-0.05, 0) is 32.8 Å². The Bertz CT molecular complexity index is 409. The van der Waals surface area contributed by atoms with Crippen molar-refractivity contribution in [3.63, 3.8) is 0 Å². The lowest BCUT2D eigenvalue weighted by Crippen LogP contribution is -2.44. The number of rotatable bonds is 2. The van der Waals surface area contributed by atoms with E-state index in [1.165, 1.54) is 24.8 Å². The minimum Gasteiger partial charge on any atom is -0.487 e. The smallest absolute Gasteiger partial charge is 0.124 e. The Morgan fingerprint density at radius 1 is 1.24 bits per heavy atom. The molecule has 2 heteroatoms. The van der Waals surface area contributed by atoms with Gasteiger partial charge in [0.1, 0.15) is 11.4 Å². The van der Waals surface area contributed by atoms with Crippen LogP contribution in [-0.4, -0.2) is 11.6 Å². The molecule has 1 aliphatic carbocycles. The zero-order chi connectivity index (χ0) is 11.9. The molecule has 1 aliphatic heterocycles. The van der Waals surface area contributed by atoms with Gasteiger partial charge < -0.3 is 10.1 Å². The molecule has 0 radical (unpaired) electrons. The van der Waals surface area contributed by atoms with Crippen molar-refractivity contribution in [1.29, 1.82) is 0 Å². The zero-order valence-electron chi connectivity index (χ0n) is 10.7. The number of ether oxygens (including phenoxy) is 1. The standard InChI is InChI=1S/C15H21NO/c1-15(2)10-13(16-11-6-5-7-11)12-8-3-4-9-14(12)17-15/h3-4,8-9,11,13,16H,5-7,10H2,1-2H3. The van der Waals surface area contributed by atoms with E-state index in [1.54, 1.807) is 0 Å². The maximum absolute atomic E-state index is 6.04. The minimum absolute atomic E-state index is 0.0598. The maximum atomic E-state index is 6.04. The molecule has 3 rings (SSSR count). The number of nitrogens with one attached hydrogen (secondary N) is 1. The Labute approximate surface area is 103 Å². The van der Waals surface area contributed by atoms with E-state index < -0.39 is 0 Å². The molecular weight excluding hydrogens is 210 g/mol. The minimum atomic E-state index is -0.0598. The van der Waals surface area contributed by atoms with E-state index in [0.717, 1.165) is 18.2 Å². The monoisotopic (exact) mass is 231 g/mol. The normalized spacial score (nSPS) is 26.8. The second-order valence-corrected chi connectivity index (χ2v) is 5.95. The first kappa shape index (κ1) is 11.1. The fraction of sp³-hybridized carbons (Fsp3) is 0.600. The molecule has 1 saturated carbocycles. The second kappa shape index (κ2) is 4.02. The van der Waals surface area contributed by atoms with Gasteiger partial charge in [-0.15, -0.1) is 0 Å². The van der Waals surface area contributed by atoms with Crippen molar-refractivity contribution < 1.29 is 4.74 Å². The molecule has 1 aromatic carbocycles. The second-order valence-electron chi connectivity index (χ2n) is 5.95.